The summed E-state index contributed by atoms with van der Waals surface area (Å²) in [7, 11) is 1.59. The molecule has 0 saturated heterocycles. The van der Waals surface area contributed by atoms with E-state index in [1.54, 1.807) is 18.4 Å². The lowest BCUT2D eigenvalue weighted by atomic mass is 10.2. The summed E-state index contributed by atoms with van der Waals surface area (Å²) in [4.78, 5) is 13.8. The number of aromatic nitrogens is 3. The van der Waals surface area contributed by atoms with Crippen LogP contribution in [0, 0.1) is 3.70 Å². The Morgan fingerprint density at radius 3 is 2.64 bits per heavy atom. The van der Waals surface area contributed by atoms with Crippen LogP contribution in [0.15, 0.2) is 17.5 Å². The van der Waals surface area contributed by atoms with Crippen molar-refractivity contribution in [3.8, 4) is 16.6 Å². The molecule has 0 aliphatic rings. The van der Waals surface area contributed by atoms with Gasteiger partial charge in [-0.1, -0.05) is 25.4 Å². The molecule has 0 N–H and O–H groups in total. The lowest BCUT2D eigenvalue weighted by Gasteiger charge is -2.08. The van der Waals surface area contributed by atoms with Gasteiger partial charge in [0.15, 0.2) is 10.8 Å². The Hall–Kier alpha value is -0.990. The van der Waals surface area contributed by atoms with E-state index < -0.39 is 0 Å². The second kappa shape index (κ2) is 6.25. The number of methoxy groups -OCH3 is 1. The summed E-state index contributed by atoms with van der Waals surface area (Å²) in [5.41, 5.74) is 1.74. The number of hydrogen-bond donors (Lipinski definition) is 0. The number of hydrogen-bond acceptors (Lipinski definition) is 5. The minimum absolute atomic E-state index is 0.383. The molecule has 2 heterocycles. The summed E-state index contributed by atoms with van der Waals surface area (Å²) < 4.78 is 6.12. The van der Waals surface area contributed by atoms with Gasteiger partial charge in [-0.25, -0.2) is 15.0 Å². The lowest BCUT2D eigenvalue weighted by molar-refractivity contribution is 0.415. The van der Waals surface area contributed by atoms with E-state index in [4.69, 9.17) is 16.3 Å². The maximum atomic E-state index is 6.39. The van der Waals surface area contributed by atoms with Crippen LogP contribution in [0.1, 0.15) is 25.5 Å². The summed E-state index contributed by atoms with van der Waals surface area (Å²) in [6.07, 6.45) is 0. The van der Waals surface area contributed by atoms with Gasteiger partial charge in [0.25, 0.3) is 0 Å². The van der Waals surface area contributed by atoms with Crippen LogP contribution in [-0.2, 0) is 0 Å². The van der Waals surface area contributed by atoms with Gasteiger partial charge in [-0.3, -0.25) is 0 Å². The standard InChI is InChI=1S/C15H13ClIN3OS/c1-7(2)9-6-22-15(18-9)14-19-12-8(13(17)20-14)4-5-10(21-3)11(12)16/h4-7H,1-3H3. The van der Waals surface area contributed by atoms with Crippen molar-refractivity contribution in [2.75, 3.05) is 7.11 Å². The Bertz CT molecular complexity index is 850. The fourth-order valence-corrected chi connectivity index (χ4v) is 3.87. The number of fused-ring (bicyclic) bond motifs is 1. The molecule has 0 aliphatic carbocycles. The Morgan fingerprint density at radius 1 is 1.23 bits per heavy atom. The van der Waals surface area contributed by atoms with Crippen molar-refractivity contribution in [1.29, 1.82) is 0 Å². The van der Waals surface area contributed by atoms with Gasteiger partial charge in [-0.15, -0.1) is 11.3 Å². The van der Waals surface area contributed by atoms with E-state index in [1.165, 1.54) is 0 Å². The van der Waals surface area contributed by atoms with E-state index in [2.05, 4.69) is 51.4 Å². The molecule has 0 spiro atoms. The topological polar surface area (TPSA) is 47.9 Å². The quantitative estimate of drug-likeness (QED) is 0.413. The Balaban J connectivity index is 2.20. The predicted octanol–water partition coefficient (Wildman–Crippen LogP) is 5.14. The van der Waals surface area contributed by atoms with Gasteiger partial charge in [-0.2, -0.15) is 0 Å². The van der Waals surface area contributed by atoms with E-state index in [0.29, 0.717) is 28.0 Å². The molecule has 7 heteroatoms. The van der Waals surface area contributed by atoms with E-state index in [-0.39, 0.29) is 0 Å². The minimum Gasteiger partial charge on any atom is -0.495 e. The van der Waals surface area contributed by atoms with Gasteiger partial charge in [-0.05, 0) is 40.6 Å². The van der Waals surface area contributed by atoms with Crippen molar-refractivity contribution < 1.29 is 4.74 Å². The van der Waals surface area contributed by atoms with Gasteiger partial charge in [0.05, 0.1) is 18.3 Å². The second-order valence-electron chi connectivity index (χ2n) is 5.05. The Morgan fingerprint density at radius 2 is 2.00 bits per heavy atom. The highest BCUT2D eigenvalue weighted by Gasteiger charge is 2.16. The third kappa shape index (κ3) is 2.79. The number of ether oxygens (including phenoxy) is 1. The molecule has 0 fully saturated rings. The first-order valence-electron chi connectivity index (χ1n) is 6.66. The van der Waals surface area contributed by atoms with Gasteiger partial charge in [0, 0.05) is 10.8 Å². The molecular weight excluding hydrogens is 433 g/mol. The predicted molar refractivity (Wildman–Crippen MR) is 99.0 cm³/mol. The van der Waals surface area contributed by atoms with Gasteiger partial charge >= 0.3 is 0 Å². The van der Waals surface area contributed by atoms with Crippen LogP contribution in [0.4, 0.5) is 0 Å². The van der Waals surface area contributed by atoms with Gasteiger partial charge < -0.3 is 4.74 Å². The van der Waals surface area contributed by atoms with E-state index in [9.17, 15) is 0 Å². The molecule has 2 aromatic heterocycles. The van der Waals surface area contributed by atoms with Crippen LogP contribution in [0.5, 0.6) is 5.75 Å². The molecule has 3 rings (SSSR count). The third-order valence-electron chi connectivity index (χ3n) is 3.25. The monoisotopic (exact) mass is 445 g/mol. The molecule has 0 saturated carbocycles. The molecule has 0 aliphatic heterocycles. The molecule has 0 bridgehead atoms. The first-order chi connectivity index (χ1) is 10.5. The number of nitrogens with zero attached hydrogens (tertiary/aromatic N) is 3. The van der Waals surface area contributed by atoms with Gasteiger partial charge in [0.2, 0.25) is 0 Å². The zero-order valence-electron chi connectivity index (χ0n) is 12.2. The van der Waals surface area contributed by atoms with Crippen LogP contribution in [0.25, 0.3) is 21.7 Å². The number of halogens is 2. The fourth-order valence-electron chi connectivity index (χ4n) is 2.01. The summed E-state index contributed by atoms with van der Waals surface area (Å²) >= 11 is 10.1. The molecule has 114 valence electrons. The number of benzene rings is 1. The van der Waals surface area contributed by atoms with Crippen molar-refractivity contribution in [3.05, 3.63) is 31.9 Å². The van der Waals surface area contributed by atoms with Crippen molar-refractivity contribution in [2.45, 2.75) is 19.8 Å². The summed E-state index contributed by atoms with van der Waals surface area (Å²) in [5, 5.41) is 4.27. The molecule has 0 radical (unpaired) electrons. The summed E-state index contributed by atoms with van der Waals surface area (Å²) in [6.45, 7) is 4.23. The zero-order valence-corrected chi connectivity index (χ0v) is 16.0. The van der Waals surface area contributed by atoms with E-state index >= 15 is 0 Å². The van der Waals surface area contributed by atoms with Crippen molar-refractivity contribution in [2.24, 2.45) is 0 Å². The Labute approximate surface area is 151 Å². The molecule has 22 heavy (non-hydrogen) atoms. The molecule has 0 unspecified atom stereocenters. The molecule has 0 amide bonds. The highest BCUT2D eigenvalue weighted by atomic mass is 127. The maximum Gasteiger partial charge on any atom is 0.190 e. The Kier molecular flexibility index (Phi) is 4.52. The largest absolute Gasteiger partial charge is 0.495 e. The lowest BCUT2D eigenvalue weighted by Crippen LogP contribution is -1.96. The fraction of sp³-hybridized carbons (Fsp3) is 0.267. The normalized spacial score (nSPS) is 11.4. The highest BCUT2D eigenvalue weighted by Crippen LogP contribution is 2.35. The number of rotatable bonds is 3. The average molecular weight is 446 g/mol. The van der Waals surface area contributed by atoms with Crippen LogP contribution in [0.3, 0.4) is 0 Å². The van der Waals surface area contributed by atoms with Crippen LogP contribution < -0.4 is 4.74 Å². The second-order valence-corrected chi connectivity index (χ2v) is 7.31. The van der Waals surface area contributed by atoms with E-state index in [1.807, 2.05) is 17.5 Å². The summed E-state index contributed by atoms with van der Waals surface area (Å²) in [5.74, 6) is 1.59. The third-order valence-corrected chi connectivity index (χ3v) is 5.29. The average Bonchev–Trinajstić information content (AvgIpc) is 2.98. The first-order valence-corrected chi connectivity index (χ1v) is 9.00. The highest BCUT2D eigenvalue weighted by molar-refractivity contribution is 14.1. The van der Waals surface area contributed by atoms with E-state index in [0.717, 1.165) is 19.8 Å². The molecule has 0 atom stereocenters. The SMILES string of the molecule is COc1ccc2c(I)nc(-c3nc(C(C)C)cs3)nc2c1Cl. The number of thiazole rings is 1. The molecule has 1 aromatic carbocycles. The molecule has 4 nitrogen and oxygen atoms in total. The van der Waals surface area contributed by atoms with Crippen LogP contribution in [-0.4, -0.2) is 22.1 Å². The van der Waals surface area contributed by atoms with Crippen molar-refractivity contribution >= 4 is 56.4 Å². The maximum absolute atomic E-state index is 6.39. The molecule has 3 aromatic rings. The smallest absolute Gasteiger partial charge is 0.190 e. The van der Waals surface area contributed by atoms with Crippen LogP contribution >= 0.6 is 45.5 Å². The van der Waals surface area contributed by atoms with Crippen LogP contribution in [0.2, 0.25) is 5.02 Å². The summed E-state index contributed by atoms with van der Waals surface area (Å²) in [6, 6.07) is 3.75. The minimum atomic E-state index is 0.383. The molecular formula is C15H13ClIN3OS. The zero-order chi connectivity index (χ0) is 15.9. The van der Waals surface area contributed by atoms with Crippen molar-refractivity contribution in [1.82, 2.24) is 15.0 Å². The van der Waals surface area contributed by atoms with Crippen molar-refractivity contribution in [3.63, 3.8) is 0 Å². The van der Waals surface area contributed by atoms with Gasteiger partial charge in [0.1, 0.15) is 14.5 Å². The first kappa shape index (κ1) is 15.9.